The normalized spacial score (nSPS) is 9.95. The quantitative estimate of drug-likeness (QED) is 0.802. The fourth-order valence-corrected chi connectivity index (χ4v) is 2.01. The van der Waals surface area contributed by atoms with Crippen LogP contribution >= 0.6 is 23.2 Å². The van der Waals surface area contributed by atoms with E-state index in [-0.39, 0.29) is 6.61 Å². The lowest BCUT2D eigenvalue weighted by atomic mass is 10.2. The number of alkyl halides is 1. The van der Waals surface area contributed by atoms with Gasteiger partial charge in [0.15, 0.2) is 0 Å². The van der Waals surface area contributed by atoms with Crippen LogP contribution in [0, 0.1) is 11.3 Å². The molecule has 0 saturated heterocycles. The first kappa shape index (κ1) is 13.7. The smallest absolute Gasteiger partial charge is 0.147 e. The lowest BCUT2D eigenvalue weighted by molar-refractivity contribution is 0.303. The van der Waals surface area contributed by atoms with Gasteiger partial charge in [0.2, 0.25) is 0 Å². The van der Waals surface area contributed by atoms with Gasteiger partial charge >= 0.3 is 0 Å². The summed E-state index contributed by atoms with van der Waals surface area (Å²) in [4.78, 5) is 3.98. The summed E-state index contributed by atoms with van der Waals surface area (Å²) in [7, 11) is 0. The van der Waals surface area contributed by atoms with Gasteiger partial charge in [0.1, 0.15) is 24.1 Å². The molecule has 1 aromatic heterocycles. The van der Waals surface area contributed by atoms with Crippen molar-refractivity contribution in [1.82, 2.24) is 4.98 Å². The number of ether oxygens (including phenoxy) is 1. The van der Waals surface area contributed by atoms with Crippen LogP contribution in [0.3, 0.4) is 0 Å². The van der Waals surface area contributed by atoms with Crippen molar-refractivity contribution in [2.75, 3.05) is 0 Å². The number of pyridine rings is 1. The molecule has 0 spiro atoms. The third-order valence-electron chi connectivity index (χ3n) is 2.55. The number of nitrogens with zero attached hydrogens (tertiary/aromatic N) is 2. The molecular weight excluding hydrogens is 283 g/mol. The van der Waals surface area contributed by atoms with Gasteiger partial charge in [-0.1, -0.05) is 17.7 Å². The molecule has 0 saturated carbocycles. The van der Waals surface area contributed by atoms with Gasteiger partial charge in [-0.2, -0.15) is 5.26 Å². The minimum absolute atomic E-state index is 0.266. The standard InChI is InChI=1S/C14H10Cl2N2O/c15-7-11-6-12(16)3-4-14(11)19-9-10-2-1-5-18-13(10)8-17/h1-6H,7,9H2. The topological polar surface area (TPSA) is 45.9 Å². The highest BCUT2D eigenvalue weighted by Crippen LogP contribution is 2.25. The van der Waals surface area contributed by atoms with Crippen LogP contribution in [-0.4, -0.2) is 4.98 Å². The first-order valence-electron chi connectivity index (χ1n) is 5.55. The molecule has 0 radical (unpaired) electrons. The van der Waals surface area contributed by atoms with E-state index in [4.69, 9.17) is 33.2 Å². The van der Waals surface area contributed by atoms with Crippen LogP contribution in [0.1, 0.15) is 16.8 Å². The van der Waals surface area contributed by atoms with Crippen LogP contribution in [0.4, 0.5) is 0 Å². The van der Waals surface area contributed by atoms with Crippen molar-refractivity contribution in [2.24, 2.45) is 0 Å². The minimum atomic E-state index is 0.266. The third-order valence-corrected chi connectivity index (χ3v) is 3.07. The van der Waals surface area contributed by atoms with Crippen molar-refractivity contribution in [3.05, 3.63) is 58.4 Å². The van der Waals surface area contributed by atoms with Gasteiger partial charge in [-0.05, 0) is 24.3 Å². The summed E-state index contributed by atoms with van der Waals surface area (Å²) in [5.41, 5.74) is 1.92. The molecule has 5 heteroatoms. The maximum absolute atomic E-state index is 8.95. The summed E-state index contributed by atoms with van der Waals surface area (Å²) in [6.07, 6.45) is 1.58. The monoisotopic (exact) mass is 292 g/mol. The highest BCUT2D eigenvalue weighted by Gasteiger charge is 2.07. The average molecular weight is 293 g/mol. The highest BCUT2D eigenvalue weighted by atomic mass is 35.5. The maximum Gasteiger partial charge on any atom is 0.147 e. The SMILES string of the molecule is N#Cc1ncccc1COc1ccc(Cl)cc1CCl. The van der Waals surface area contributed by atoms with Gasteiger partial charge in [0.05, 0.1) is 5.88 Å². The van der Waals surface area contributed by atoms with Gasteiger partial charge in [0, 0.05) is 22.3 Å². The summed E-state index contributed by atoms with van der Waals surface area (Å²) in [5, 5.41) is 9.56. The summed E-state index contributed by atoms with van der Waals surface area (Å²) in [6.45, 7) is 0.266. The molecule has 0 atom stereocenters. The molecule has 1 aromatic carbocycles. The Labute approximate surface area is 121 Å². The fraction of sp³-hybridized carbons (Fsp3) is 0.143. The molecule has 2 aromatic rings. The second-order valence-electron chi connectivity index (χ2n) is 3.80. The van der Waals surface area contributed by atoms with Crippen LogP contribution < -0.4 is 4.74 Å². The van der Waals surface area contributed by atoms with Crippen molar-refractivity contribution < 1.29 is 4.74 Å². The second-order valence-corrected chi connectivity index (χ2v) is 4.50. The van der Waals surface area contributed by atoms with Crippen molar-refractivity contribution in [3.8, 4) is 11.8 Å². The van der Waals surface area contributed by atoms with E-state index < -0.39 is 0 Å². The Kier molecular flexibility index (Phi) is 4.62. The van der Waals surface area contributed by atoms with E-state index in [9.17, 15) is 0 Å². The van der Waals surface area contributed by atoms with Crippen LogP contribution in [0.2, 0.25) is 5.02 Å². The largest absolute Gasteiger partial charge is 0.488 e. The van der Waals surface area contributed by atoms with E-state index in [1.807, 2.05) is 12.1 Å². The zero-order chi connectivity index (χ0) is 13.7. The Hall–Kier alpha value is -1.76. The molecule has 0 fully saturated rings. The van der Waals surface area contributed by atoms with Crippen LogP contribution in [0.5, 0.6) is 5.75 Å². The molecule has 0 amide bonds. The predicted octanol–water partition coefficient (Wildman–Crippen LogP) is 3.92. The minimum Gasteiger partial charge on any atom is -0.488 e. The molecular formula is C14H10Cl2N2O. The van der Waals surface area contributed by atoms with E-state index in [2.05, 4.69) is 4.98 Å². The molecule has 0 N–H and O–H groups in total. The van der Waals surface area contributed by atoms with Gasteiger partial charge < -0.3 is 4.74 Å². The number of hydrogen-bond donors (Lipinski definition) is 0. The Balaban J connectivity index is 2.17. The molecule has 19 heavy (non-hydrogen) atoms. The lowest BCUT2D eigenvalue weighted by Gasteiger charge is -2.10. The number of benzene rings is 1. The van der Waals surface area contributed by atoms with E-state index in [1.54, 1.807) is 30.5 Å². The van der Waals surface area contributed by atoms with E-state index >= 15 is 0 Å². The van der Waals surface area contributed by atoms with Crippen LogP contribution in [0.25, 0.3) is 0 Å². The molecule has 0 unspecified atom stereocenters. The van der Waals surface area contributed by atoms with Gasteiger partial charge in [-0.15, -0.1) is 11.6 Å². The second kappa shape index (κ2) is 6.42. The first-order chi connectivity index (χ1) is 9.24. The van der Waals surface area contributed by atoms with Crippen molar-refractivity contribution in [2.45, 2.75) is 12.5 Å². The summed E-state index contributed by atoms with van der Waals surface area (Å²) < 4.78 is 5.68. The van der Waals surface area contributed by atoms with Crippen molar-refractivity contribution in [3.63, 3.8) is 0 Å². The van der Waals surface area contributed by atoms with Crippen molar-refractivity contribution in [1.29, 1.82) is 5.26 Å². The molecule has 2 rings (SSSR count). The fourth-order valence-electron chi connectivity index (χ4n) is 1.60. The van der Waals surface area contributed by atoms with E-state index in [0.29, 0.717) is 22.3 Å². The summed E-state index contributed by atoms with van der Waals surface area (Å²) >= 11 is 11.7. The zero-order valence-electron chi connectivity index (χ0n) is 9.94. The Morgan fingerprint density at radius 3 is 2.84 bits per heavy atom. The zero-order valence-corrected chi connectivity index (χ0v) is 11.4. The molecule has 0 aliphatic carbocycles. The number of aromatic nitrogens is 1. The van der Waals surface area contributed by atoms with Gasteiger partial charge in [-0.25, -0.2) is 4.98 Å². The molecule has 0 bridgehead atoms. The van der Waals surface area contributed by atoms with Crippen molar-refractivity contribution >= 4 is 23.2 Å². The molecule has 0 aliphatic rings. The Morgan fingerprint density at radius 2 is 2.11 bits per heavy atom. The summed E-state index contributed by atoms with van der Waals surface area (Å²) in [5.74, 6) is 0.973. The first-order valence-corrected chi connectivity index (χ1v) is 6.47. The predicted molar refractivity (Wildman–Crippen MR) is 74.3 cm³/mol. The molecule has 0 aliphatic heterocycles. The van der Waals surface area contributed by atoms with E-state index in [0.717, 1.165) is 11.1 Å². The molecule has 96 valence electrons. The van der Waals surface area contributed by atoms with Crippen LogP contribution in [-0.2, 0) is 12.5 Å². The number of nitriles is 1. The average Bonchev–Trinajstić information content (AvgIpc) is 2.46. The van der Waals surface area contributed by atoms with Gasteiger partial charge in [0.25, 0.3) is 0 Å². The maximum atomic E-state index is 8.95. The number of halogens is 2. The van der Waals surface area contributed by atoms with Crippen LogP contribution in [0.15, 0.2) is 36.5 Å². The number of hydrogen-bond acceptors (Lipinski definition) is 3. The Morgan fingerprint density at radius 1 is 1.26 bits per heavy atom. The Bertz CT molecular complexity index is 623. The van der Waals surface area contributed by atoms with E-state index in [1.165, 1.54) is 0 Å². The lowest BCUT2D eigenvalue weighted by Crippen LogP contribution is -2.01. The van der Waals surface area contributed by atoms with Gasteiger partial charge in [-0.3, -0.25) is 0 Å². The summed E-state index contributed by atoms with van der Waals surface area (Å²) in [6, 6.07) is 10.9. The highest BCUT2D eigenvalue weighted by molar-refractivity contribution is 6.30. The number of rotatable bonds is 4. The molecule has 1 heterocycles. The molecule has 3 nitrogen and oxygen atoms in total. The third kappa shape index (κ3) is 3.37.